The summed E-state index contributed by atoms with van der Waals surface area (Å²) >= 11 is 1.37. The van der Waals surface area contributed by atoms with Crippen LogP contribution in [0.1, 0.15) is 22.3 Å². The van der Waals surface area contributed by atoms with E-state index in [4.69, 9.17) is 11.1 Å². The zero-order chi connectivity index (χ0) is 10.7. The average Bonchev–Trinajstić information content (AvgIpc) is 2.09. The highest BCUT2D eigenvalue weighted by Gasteiger charge is 2.02. The first-order chi connectivity index (χ1) is 6.50. The van der Waals surface area contributed by atoms with Crippen molar-refractivity contribution >= 4 is 16.9 Å². The molecule has 0 saturated heterocycles. The molecule has 0 heterocycles. The number of amidine groups is 1. The summed E-state index contributed by atoms with van der Waals surface area (Å²) in [6, 6.07) is 4.37. The monoisotopic (exact) mass is 208 g/mol. The van der Waals surface area contributed by atoms with Gasteiger partial charge in [-0.3, -0.25) is 5.41 Å². The van der Waals surface area contributed by atoms with E-state index in [0.717, 1.165) is 5.75 Å². The molecule has 0 amide bonds. The highest BCUT2D eigenvalue weighted by atomic mass is 32.2. The highest BCUT2D eigenvalue weighted by Crippen LogP contribution is 2.19. The van der Waals surface area contributed by atoms with Gasteiger partial charge in [0, 0.05) is 5.75 Å². The molecule has 0 spiro atoms. The number of aryl methyl sites for hydroxylation is 3. The lowest BCUT2D eigenvalue weighted by molar-refractivity contribution is 1.23. The van der Waals surface area contributed by atoms with Crippen LogP contribution in [0.15, 0.2) is 12.1 Å². The summed E-state index contributed by atoms with van der Waals surface area (Å²) in [4.78, 5) is 0. The van der Waals surface area contributed by atoms with Crippen LogP contribution < -0.4 is 5.73 Å². The first kappa shape index (κ1) is 11.1. The lowest BCUT2D eigenvalue weighted by Gasteiger charge is -2.08. The standard InChI is InChI=1S/C11H16N2S/c1-7-4-9(3)10(5-8(7)2)6-14-11(12)13/h4-5H,6H2,1-3H3,(H3,12,13). The molecule has 1 aromatic rings. The van der Waals surface area contributed by atoms with E-state index in [0.29, 0.717) is 0 Å². The SMILES string of the molecule is Cc1cc(C)c(CSC(=N)N)cc1C. The summed E-state index contributed by atoms with van der Waals surface area (Å²) < 4.78 is 0. The van der Waals surface area contributed by atoms with E-state index in [1.54, 1.807) is 0 Å². The molecule has 76 valence electrons. The predicted molar refractivity (Wildman–Crippen MR) is 63.9 cm³/mol. The highest BCUT2D eigenvalue weighted by molar-refractivity contribution is 8.13. The maximum Gasteiger partial charge on any atom is 0.151 e. The third kappa shape index (κ3) is 2.77. The van der Waals surface area contributed by atoms with Crippen molar-refractivity contribution in [3.63, 3.8) is 0 Å². The van der Waals surface area contributed by atoms with Crippen molar-refractivity contribution in [1.29, 1.82) is 5.41 Å². The molecular weight excluding hydrogens is 192 g/mol. The quantitative estimate of drug-likeness (QED) is 0.580. The van der Waals surface area contributed by atoms with Crippen molar-refractivity contribution in [3.05, 3.63) is 34.4 Å². The minimum absolute atomic E-state index is 0.183. The minimum atomic E-state index is 0.183. The Kier molecular flexibility index (Phi) is 3.58. The summed E-state index contributed by atoms with van der Waals surface area (Å²) in [5.74, 6) is 0.794. The van der Waals surface area contributed by atoms with E-state index in [1.165, 1.54) is 34.0 Å². The van der Waals surface area contributed by atoms with E-state index in [2.05, 4.69) is 32.9 Å². The van der Waals surface area contributed by atoms with Gasteiger partial charge in [0.05, 0.1) is 0 Å². The lowest BCUT2D eigenvalue weighted by atomic mass is 10.0. The van der Waals surface area contributed by atoms with Crippen LogP contribution >= 0.6 is 11.8 Å². The van der Waals surface area contributed by atoms with E-state index in [1.807, 2.05) is 0 Å². The Morgan fingerprint density at radius 3 is 2.36 bits per heavy atom. The molecule has 2 nitrogen and oxygen atoms in total. The van der Waals surface area contributed by atoms with Crippen LogP contribution in [0.3, 0.4) is 0 Å². The van der Waals surface area contributed by atoms with E-state index in [9.17, 15) is 0 Å². The molecule has 0 aliphatic carbocycles. The van der Waals surface area contributed by atoms with Crippen LogP contribution in [0, 0.1) is 26.2 Å². The first-order valence-electron chi connectivity index (χ1n) is 4.54. The molecule has 0 aliphatic rings. The number of thioether (sulfide) groups is 1. The lowest BCUT2D eigenvalue weighted by Crippen LogP contribution is -2.04. The summed E-state index contributed by atoms with van der Waals surface area (Å²) in [6.45, 7) is 6.32. The van der Waals surface area contributed by atoms with Gasteiger partial charge < -0.3 is 5.73 Å². The number of hydrogen-bond donors (Lipinski definition) is 2. The zero-order valence-corrected chi connectivity index (χ0v) is 9.66. The molecule has 1 aromatic carbocycles. The average molecular weight is 208 g/mol. The normalized spacial score (nSPS) is 10.2. The number of hydrogen-bond acceptors (Lipinski definition) is 2. The smallest absolute Gasteiger partial charge is 0.151 e. The number of rotatable bonds is 2. The first-order valence-corrected chi connectivity index (χ1v) is 5.53. The van der Waals surface area contributed by atoms with Crippen molar-refractivity contribution in [2.45, 2.75) is 26.5 Å². The Hall–Kier alpha value is -0.960. The summed E-state index contributed by atoms with van der Waals surface area (Å²) in [7, 11) is 0. The summed E-state index contributed by atoms with van der Waals surface area (Å²) in [6.07, 6.45) is 0. The van der Waals surface area contributed by atoms with Gasteiger partial charge in [0.1, 0.15) is 0 Å². The summed E-state index contributed by atoms with van der Waals surface area (Å²) in [5, 5.41) is 7.33. The molecule has 0 atom stereocenters. The van der Waals surface area contributed by atoms with Gasteiger partial charge in [-0.1, -0.05) is 23.9 Å². The van der Waals surface area contributed by atoms with Gasteiger partial charge in [-0.15, -0.1) is 0 Å². The Bertz CT molecular complexity index is 359. The van der Waals surface area contributed by atoms with Crippen LogP contribution in [0.25, 0.3) is 0 Å². The van der Waals surface area contributed by atoms with E-state index < -0.39 is 0 Å². The zero-order valence-electron chi connectivity index (χ0n) is 8.85. The van der Waals surface area contributed by atoms with Crippen molar-refractivity contribution < 1.29 is 0 Å². The Labute approximate surface area is 89.4 Å². The van der Waals surface area contributed by atoms with Crippen LogP contribution in [0.5, 0.6) is 0 Å². The van der Waals surface area contributed by atoms with Crippen molar-refractivity contribution in [3.8, 4) is 0 Å². The van der Waals surface area contributed by atoms with Gasteiger partial charge in [0.15, 0.2) is 5.17 Å². The van der Waals surface area contributed by atoms with Crippen molar-refractivity contribution in [2.24, 2.45) is 5.73 Å². The van der Waals surface area contributed by atoms with Gasteiger partial charge in [-0.25, -0.2) is 0 Å². The Balaban J connectivity index is 2.87. The fourth-order valence-electron chi connectivity index (χ4n) is 1.33. The molecule has 0 aliphatic heterocycles. The van der Waals surface area contributed by atoms with Crippen LogP contribution in [-0.2, 0) is 5.75 Å². The Morgan fingerprint density at radius 2 is 1.79 bits per heavy atom. The van der Waals surface area contributed by atoms with Gasteiger partial charge in [0.2, 0.25) is 0 Å². The van der Waals surface area contributed by atoms with Crippen LogP contribution in [-0.4, -0.2) is 5.17 Å². The molecule has 14 heavy (non-hydrogen) atoms. The second-order valence-corrected chi connectivity index (χ2v) is 4.53. The topological polar surface area (TPSA) is 49.9 Å². The molecule has 0 bridgehead atoms. The maximum absolute atomic E-state index is 7.15. The van der Waals surface area contributed by atoms with Gasteiger partial charge >= 0.3 is 0 Å². The number of benzene rings is 1. The second kappa shape index (κ2) is 4.51. The molecular formula is C11H16N2S. The van der Waals surface area contributed by atoms with Gasteiger partial charge in [0.25, 0.3) is 0 Å². The molecule has 3 heteroatoms. The summed E-state index contributed by atoms with van der Waals surface area (Å²) in [5.41, 5.74) is 10.5. The molecule has 0 fully saturated rings. The molecule has 1 rings (SSSR count). The van der Waals surface area contributed by atoms with Crippen molar-refractivity contribution in [2.75, 3.05) is 0 Å². The van der Waals surface area contributed by atoms with Gasteiger partial charge in [-0.05, 0) is 43.0 Å². The Morgan fingerprint density at radius 1 is 1.21 bits per heavy atom. The fraction of sp³-hybridized carbons (Fsp3) is 0.364. The van der Waals surface area contributed by atoms with Crippen molar-refractivity contribution in [1.82, 2.24) is 0 Å². The molecule has 3 N–H and O–H groups in total. The fourth-order valence-corrected chi connectivity index (χ4v) is 1.95. The third-order valence-electron chi connectivity index (χ3n) is 2.34. The van der Waals surface area contributed by atoms with Crippen LogP contribution in [0.4, 0.5) is 0 Å². The van der Waals surface area contributed by atoms with Crippen LogP contribution in [0.2, 0.25) is 0 Å². The van der Waals surface area contributed by atoms with E-state index in [-0.39, 0.29) is 5.17 Å². The second-order valence-electron chi connectivity index (χ2n) is 3.52. The molecule has 0 unspecified atom stereocenters. The molecule has 0 aromatic heterocycles. The maximum atomic E-state index is 7.15. The largest absolute Gasteiger partial charge is 0.379 e. The van der Waals surface area contributed by atoms with E-state index >= 15 is 0 Å². The van der Waals surface area contributed by atoms with Gasteiger partial charge in [-0.2, -0.15) is 0 Å². The molecule has 0 saturated carbocycles. The molecule has 0 radical (unpaired) electrons. The third-order valence-corrected chi connectivity index (χ3v) is 3.10. The number of nitrogens with two attached hydrogens (primary N) is 1. The minimum Gasteiger partial charge on any atom is -0.379 e. The predicted octanol–water partition coefficient (Wildman–Crippen LogP) is 2.74. The number of nitrogens with one attached hydrogen (secondary N) is 1.